The second-order valence-corrected chi connectivity index (χ2v) is 4.91. The Morgan fingerprint density at radius 1 is 0.933 bits per heavy atom. The Morgan fingerprint density at radius 2 is 1.73 bits per heavy atom. The summed E-state index contributed by atoms with van der Waals surface area (Å²) in [6, 6.07) is 9.71. The third kappa shape index (κ3) is 1.69. The number of rotatable bonds is 2. The van der Waals surface area contributed by atoms with Gasteiger partial charge in [0.2, 0.25) is 0 Å². The van der Waals surface area contributed by atoms with Crippen LogP contribution in [-0.2, 0) is 0 Å². The molecule has 1 aromatic rings. The van der Waals surface area contributed by atoms with Crippen molar-refractivity contribution in [1.82, 2.24) is 5.32 Å². The minimum absolute atomic E-state index is 0.641. The SMILES string of the molecule is c1ccc(C2CCCN2)c(C2CCC2)c1. The van der Waals surface area contributed by atoms with Gasteiger partial charge in [0.25, 0.3) is 0 Å². The quantitative estimate of drug-likeness (QED) is 0.773. The molecule has 1 heterocycles. The van der Waals surface area contributed by atoms with Crippen LogP contribution in [-0.4, -0.2) is 6.54 Å². The molecule has 1 aliphatic heterocycles. The molecule has 1 atom stereocenters. The van der Waals surface area contributed by atoms with Gasteiger partial charge < -0.3 is 5.32 Å². The summed E-state index contributed by atoms with van der Waals surface area (Å²) in [5.41, 5.74) is 3.21. The predicted molar refractivity (Wildman–Crippen MR) is 63.0 cm³/mol. The normalized spacial score (nSPS) is 26.5. The average Bonchev–Trinajstić information content (AvgIpc) is 2.69. The average molecular weight is 201 g/mol. The van der Waals surface area contributed by atoms with Crippen LogP contribution >= 0.6 is 0 Å². The van der Waals surface area contributed by atoms with Crippen LogP contribution in [0.1, 0.15) is 55.2 Å². The Morgan fingerprint density at radius 3 is 2.33 bits per heavy atom. The summed E-state index contributed by atoms with van der Waals surface area (Å²) in [5.74, 6) is 0.864. The fourth-order valence-corrected chi connectivity index (χ4v) is 2.87. The highest BCUT2D eigenvalue weighted by molar-refractivity contribution is 5.34. The highest BCUT2D eigenvalue weighted by Crippen LogP contribution is 2.40. The molecule has 2 aliphatic rings. The Kier molecular flexibility index (Phi) is 2.49. The van der Waals surface area contributed by atoms with E-state index in [2.05, 4.69) is 29.6 Å². The summed E-state index contributed by atoms with van der Waals surface area (Å²) in [7, 11) is 0. The number of nitrogens with one attached hydrogen (secondary N) is 1. The first-order chi connectivity index (χ1) is 7.45. The monoisotopic (exact) mass is 201 g/mol. The number of hydrogen-bond acceptors (Lipinski definition) is 1. The molecule has 1 N–H and O–H groups in total. The Hall–Kier alpha value is -0.820. The molecule has 1 unspecified atom stereocenters. The number of benzene rings is 1. The Balaban J connectivity index is 1.90. The lowest BCUT2D eigenvalue weighted by molar-refractivity contribution is 0.414. The first-order valence-electron chi connectivity index (χ1n) is 6.27. The zero-order valence-corrected chi connectivity index (χ0v) is 9.21. The van der Waals surface area contributed by atoms with Crippen molar-refractivity contribution >= 4 is 0 Å². The van der Waals surface area contributed by atoms with E-state index >= 15 is 0 Å². The molecule has 1 aliphatic carbocycles. The van der Waals surface area contributed by atoms with Crippen LogP contribution in [0.5, 0.6) is 0 Å². The van der Waals surface area contributed by atoms with Gasteiger partial charge in [-0.05, 0) is 49.3 Å². The number of hydrogen-bond donors (Lipinski definition) is 1. The van der Waals surface area contributed by atoms with E-state index in [0.717, 1.165) is 5.92 Å². The summed E-state index contributed by atoms with van der Waals surface area (Å²) in [6.45, 7) is 1.20. The minimum Gasteiger partial charge on any atom is -0.310 e. The van der Waals surface area contributed by atoms with Gasteiger partial charge in [-0.15, -0.1) is 0 Å². The van der Waals surface area contributed by atoms with Crippen LogP contribution in [0, 0.1) is 0 Å². The predicted octanol–water partition coefficient (Wildman–Crippen LogP) is 3.38. The molecule has 80 valence electrons. The second-order valence-electron chi connectivity index (χ2n) is 4.91. The van der Waals surface area contributed by atoms with Crippen molar-refractivity contribution in [2.45, 2.75) is 44.1 Å². The molecule has 2 fully saturated rings. The van der Waals surface area contributed by atoms with Crippen LogP contribution in [0.2, 0.25) is 0 Å². The van der Waals surface area contributed by atoms with Crippen LogP contribution in [0.15, 0.2) is 24.3 Å². The van der Waals surface area contributed by atoms with Gasteiger partial charge in [0, 0.05) is 6.04 Å². The molecule has 1 saturated carbocycles. The maximum Gasteiger partial charge on any atom is 0.0323 e. The van der Waals surface area contributed by atoms with E-state index in [4.69, 9.17) is 0 Å². The van der Waals surface area contributed by atoms with E-state index in [1.165, 1.54) is 38.6 Å². The van der Waals surface area contributed by atoms with Gasteiger partial charge in [-0.1, -0.05) is 30.7 Å². The molecule has 15 heavy (non-hydrogen) atoms. The van der Waals surface area contributed by atoms with E-state index in [-0.39, 0.29) is 0 Å². The van der Waals surface area contributed by atoms with Crippen LogP contribution in [0.4, 0.5) is 0 Å². The fourth-order valence-electron chi connectivity index (χ4n) is 2.87. The lowest BCUT2D eigenvalue weighted by Crippen LogP contribution is -2.18. The maximum absolute atomic E-state index is 3.62. The summed E-state index contributed by atoms with van der Waals surface area (Å²) in [4.78, 5) is 0. The van der Waals surface area contributed by atoms with Crippen molar-refractivity contribution in [2.75, 3.05) is 6.54 Å². The molecular formula is C14H19N. The summed E-state index contributed by atoms with van der Waals surface area (Å²) in [6.07, 6.45) is 6.90. The highest BCUT2D eigenvalue weighted by Gasteiger charge is 2.25. The summed E-state index contributed by atoms with van der Waals surface area (Å²) < 4.78 is 0. The van der Waals surface area contributed by atoms with Gasteiger partial charge in [-0.3, -0.25) is 0 Å². The van der Waals surface area contributed by atoms with E-state index in [1.807, 2.05) is 0 Å². The Labute approximate surface area is 91.9 Å². The standard InChI is InChI=1S/C14H19N/c1-2-8-13(14-9-4-10-15-14)12(7-1)11-5-3-6-11/h1-2,7-8,11,14-15H,3-6,9-10H2. The van der Waals surface area contributed by atoms with E-state index in [0.29, 0.717) is 6.04 Å². The molecule has 1 heteroatoms. The molecule has 1 nitrogen and oxygen atoms in total. The topological polar surface area (TPSA) is 12.0 Å². The van der Waals surface area contributed by atoms with Crippen molar-refractivity contribution in [1.29, 1.82) is 0 Å². The van der Waals surface area contributed by atoms with Gasteiger partial charge in [0.1, 0.15) is 0 Å². The van der Waals surface area contributed by atoms with Crippen molar-refractivity contribution < 1.29 is 0 Å². The lowest BCUT2D eigenvalue weighted by atomic mass is 9.77. The highest BCUT2D eigenvalue weighted by atomic mass is 14.9. The smallest absolute Gasteiger partial charge is 0.0323 e. The molecule has 3 rings (SSSR count). The zero-order valence-electron chi connectivity index (χ0n) is 9.21. The van der Waals surface area contributed by atoms with Crippen molar-refractivity contribution in [3.8, 4) is 0 Å². The third-order valence-electron chi connectivity index (χ3n) is 3.98. The van der Waals surface area contributed by atoms with Crippen molar-refractivity contribution in [3.05, 3.63) is 35.4 Å². The summed E-state index contributed by atoms with van der Waals surface area (Å²) in [5, 5.41) is 3.62. The lowest BCUT2D eigenvalue weighted by Gasteiger charge is -2.29. The first kappa shape index (κ1) is 9.41. The van der Waals surface area contributed by atoms with Gasteiger partial charge in [-0.25, -0.2) is 0 Å². The van der Waals surface area contributed by atoms with Crippen LogP contribution in [0.3, 0.4) is 0 Å². The molecule has 0 amide bonds. The first-order valence-corrected chi connectivity index (χ1v) is 6.27. The van der Waals surface area contributed by atoms with Gasteiger partial charge in [-0.2, -0.15) is 0 Å². The summed E-state index contributed by atoms with van der Waals surface area (Å²) >= 11 is 0. The largest absolute Gasteiger partial charge is 0.310 e. The van der Waals surface area contributed by atoms with Crippen molar-refractivity contribution in [3.63, 3.8) is 0 Å². The van der Waals surface area contributed by atoms with Gasteiger partial charge in [0.05, 0.1) is 0 Å². The second kappa shape index (κ2) is 3.97. The molecule has 0 bridgehead atoms. The zero-order chi connectivity index (χ0) is 10.1. The molecule has 0 aromatic heterocycles. The maximum atomic E-state index is 3.62. The van der Waals surface area contributed by atoms with E-state index < -0.39 is 0 Å². The molecule has 0 radical (unpaired) electrons. The third-order valence-corrected chi connectivity index (χ3v) is 3.98. The van der Waals surface area contributed by atoms with E-state index in [1.54, 1.807) is 11.1 Å². The minimum atomic E-state index is 0.641. The fraction of sp³-hybridized carbons (Fsp3) is 0.571. The molecular weight excluding hydrogens is 182 g/mol. The molecule has 1 aromatic carbocycles. The van der Waals surface area contributed by atoms with E-state index in [9.17, 15) is 0 Å². The molecule has 0 spiro atoms. The van der Waals surface area contributed by atoms with Gasteiger partial charge in [0.15, 0.2) is 0 Å². The van der Waals surface area contributed by atoms with Gasteiger partial charge >= 0.3 is 0 Å². The molecule has 1 saturated heterocycles. The van der Waals surface area contributed by atoms with Crippen LogP contribution < -0.4 is 5.32 Å². The Bertz CT molecular complexity index is 335. The van der Waals surface area contributed by atoms with Crippen LogP contribution in [0.25, 0.3) is 0 Å². The van der Waals surface area contributed by atoms with Crippen molar-refractivity contribution in [2.24, 2.45) is 0 Å².